The summed E-state index contributed by atoms with van der Waals surface area (Å²) in [5.41, 5.74) is 1.57. The molecule has 0 bridgehead atoms. The summed E-state index contributed by atoms with van der Waals surface area (Å²) in [7, 11) is 1.71. The van der Waals surface area contributed by atoms with Gasteiger partial charge in [-0.2, -0.15) is 0 Å². The number of esters is 1. The lowest BCUT2D eigenvalue weighted by molar-refractivity contribution is -0.143. The minimum absolute atomic E-state index is 0.166. The molecule has 31 heavy (non-hydrogen) atoms. The standard InChI is InChI=1S/C26H39NO3Si/c1-8-29-25(28)22(3)31(6,7)30-26(21(2)20-27(4)5,24-17-13-10-14-18-24)19-23-15-11-9-12-16-23/h9-18,21-22H,8,19-20H2,1-7H3/t21-,22?,26+/m1/s1. The van der Waals surface area contributed by atoms with E-state index >= 15 is 0 Å². The van der Waals surface area contributed by atoms with Gasteiger partial charge < -0.3 is 14.1 Å². The van der Waals surface area contributed by atoms with Crippen molar-refractivity contribution in [3.05, 3.63) is 71.8 Å². The van der Waals surface area contributed by atoms with E-state index in [0.717, 1.165) is 18.5 Å². The number of hydrogen-bond acceptors (Lipinski definition) is 4. The Morgan fingerprint density at radius 2 is 1.55 bits per heavy atom. The number of hydrogen-bond donors (Lipinski definition) is 0. The van der Waals surface area contributed by atoms with Crippen LogP contribution in [-0.2, 0) is 26.0 Å². The van der Waals surface area contributed by atoms with E-state index in [0.29, 0.717) is 6.61 Å². The first-order chi connectivity index (χ1) is 14.6. The number of ether oxygens (including phenoxy) is 1. The molecule has 0 fully saturated rings. The van der Waals surface area contributed by atoms with Crippen molar-refractivity contribution in [2.75, 3.05) is 27.2 Å². The van der Waals surface area contributed by atoms with Crippen LogP contribution in [0.2, 0.25) is 18.6 Å². The lowest BCUT2D eigenvalue weighted by Crippen LogP contribution is -2.53. The van der Waals surface area contributed by atoms with Crippen LogP contribution in [0.1, 0.15) is 31.9 Å². The van der Waals surface area contributed by atoms with Gasteiger partial charge in [0, 0.05) is 18.9 Å². The van der Waals surface area contributed by atoms with E-state index in [9.17, 15) is 4.79 Å². The molecule has 4 nitrogen and oxygen atoms in total. The van der Waals surface area contributed by atoms with E-state index < -0.39 is 13.9 Å². The second-order valence-electron chi connectivity index (χ2n) is 9.26. The van der Waals surface area contributed by atoms with Crippen molar-refractivity contribution in [1.29, 1.82) is 0 Å². The average Bonchev–Trinajstić information content (AvgIpc) is 2.73. The Morgan fingerprint density at radius 3 is 2.06 bits per heavy atom. The van der Waals surface area contributed by atoms with Crippen molar-refractivity contribution < 1.29 is 14.0 Å². The monoisotopic (exact) mass is 441 g/mol. The molecule has 170 valence electrons. The van der Waals surface area contributed by atoms with Gasteiger partial charge in [0.1, 0.15) is 0 Å². The molecule has 0 N–H and O–H groups in total. The summed E-state index contributed by atoms with van der Waals surface area (Å²) in [5, 5.41) is 0. The Kier molecular flexibility index (Phi) is 9.04. The molecule has 0 aliphatic heterocycles. The first-order valence-electron chi connectivity index (χ1n) is 11.2. The molecule has 0 aliphatic carbocycles. The van der Waals surface area contributed by atoms with Gasteiger partial charge in [0.25, 0.3) is 0 Å². The van der Waals surface area contributed by atoms with Crippen LogP contribution in [0.5, 0.6) is 0 Å². The van der Waals surface area contributed by atoms with E-state index in [-0.39, 0.29) is 17.4 Å². The molecule has 1 unspecified atom stereocenters. The van der Waals surface area contributed by atoms with E-state index in [1.807, 2.05) is 26.0 Å². The maximum atomic E-state index is 12.6. The predicted octanol–water partition coefficient (Wildman–Crippen LogP) is 5.50. The molecule has 2 rings (SSSR count). The number of benzene rings is 2. The maximum absolute atomic E-state index is 12.6. The molecule has 0 aromatic heterocycles. The van der Waals surface area contributed by atoms with E-state index in [1.54, 1.807) is 0 Å². The summed E-state index contributed by atoms with van der Waals surface area (Å²) in [5.74, 6) is 0.0346. The Hall–Kier alpha value is -1.95. The molecule has 0 saturated heterocycles. The van der Waals surface area contributed by atoms with Crippen LogP contribution in [0, 0.1) is 5.92 Å². The molecular weight excluding hydrogens is 402 g/mol. The van der Waals surface area contributed by atoms with Crippen LogP contribution in [0.3, 0.4) is 0 Å². The fraction of sp³-hybridized carbons (Fsp3) is 0.500. The molecule has 5 heteroatoms. The summed E-state index contributed by atoms with van der Waals surface area (Å²) in [6.45, 7) is 11.6. The molecule has 0 saturated carbocycles. The van der Waals surface area contributed by atoms with Crippen LogP contribution < -0.4 is 0 Å². The van der Waals surface area contributed by atoms with Gasteiger partial charge in [-0.1, -0.05) is 74.5 Å². The van der Waals surface area contributed by atoms with Crippen molar-refractivity contribution in [1.82, 2.24) is 4.90 Å². The molecule has 0 radical (unpaired) electrons. The van der Waals surface area contributed by atoms with Crippen LogP contribution in [0.4, 0.5) is 0 Å². The van der Waals surface area contributed by atoms with Crippen LogP contribution in [-0.4, -0.2) is 46.4 Å². The Balaban J connectivity index is 2.59. The lowest BCUT2D eigenvalue weighted by Gasteiger charge is -2.47. The minimum Gasteiger partial charge on any atom is -0.466 e. The maximum Gasteiger partial charge on any atom is 0.308 e. The zero-order chi connectivity index (χ0) is 23.1. The predicted molar refractivity (Wildman–Crippen MR) is 131 cm³/mol. The second kappa shape index (κ2) is 11.1. The van der Waals surface area contributed by atoms with E-state index in [4.69, 9.17) is 9.16 Å². The molecule has 0 amide bonds. The van der Waals surface area contributed by atoms with Gasteiger partial charge in [0.05, 0.1) is 17.7 Å². The molecule has 3 atom stereocenters. The number of nitrogens with zero attached hydrogens (tertiary/aromatic N) is 1. The van der Waals surface area contributed by atoms with Gasteiger partial charge in [-0.25, -0.2) is 0 Å². The van der Waals surface area contributed by atoms with Gasteiger partial charge in [0.15, 0.2) is 0 Å². The van der Waals surface area contributed by atoms with E-state index in [2.05, 4.69) is 87.5 Å². The summed E-state index contributed by atoms with van der Waals surface area (Å²) < 4.78 is 12.6. The molecule has 2 aromatic rings. The highest BCUT2D eigenvalue weighted by Gasteiger charge is 2.48. The summed E-state index contributed by atoms with van der Waals surface area (Å²) >= 11 is 0. The highest BCUT2D eigenvalue weighted by atomic mass is 28.4. The number of carbonyl (C=O) groups is 1. The van der Waals surface area contributed by atoms with Crippen LogP contribution in [0.15, 0.2) is 60.7 Å². The molecule has 0 heterocycles. The Labute approximate surface area is 189 Å². The fourth-order valence-corrected chi connectivity index (χ4v) is 6.34. The van der Waals surface area contributed by atoms with Crippen LogP contribution in [0.25, 0.3) is 0 Å². The normalized spacial score (nSPS) is 15.9. The number of carbonyl (C=O) groups excluding carboxylic acids is 1. The highest BCUT2D eigenvalue weighted by Crippen LogP contribution is 2.42. The third-order valence-electron chi connectivity index (χ3n) is 6.14. The van der Waals surface area contributed by atoms with Crippen molar-refractivity contribution in [2.45, 2.75) is 51.4 Å². The Bertz CT molecular complexity index is 810. The number of rotatable bonds is 11. The largest absolute Gasteiger partial charge is 0.466 e. The summed E-state index contributed by atoms with van der Waals surface area (Å²) in [6.07, 6.45) is 0.749. The topological polar surface area (TPSA) is 38.8 Å². The van der Waals surface area contributed by atoms with Gasteiger partial charge in [-0.05, 0) is 45.2 Å². The zero-order valence-corrected chi connectivity index (χ0v) is 21.2. The quantitative estimate of drug-likeness (QED) is 0.341. The minimum atomic E-state index is -2.49. The fourth-order valence-electron chi connectivity index (χ4n) is 4.18. The zero-order valence-electron chi connectivity index (χ0n) is 20.2. The molecule has 0 aliphatic rings. The van der Waals surface area contributed by atoms with Crippen molar-refractivity contribution >= 4 is 14.3 Å². The van der Waals surface area contributed by atoms with Gasteiger partial charge >= 0.3 is 5.97 Å². The first-order valence-corrected chi connectivity index (χ1v) is 14.2. The van der Waals surface area contributed by atoms with Gasteiger partial charge in [-0.3, -0.25) is 4.79 Å². The van der Waals surface area contributed by atoms with Crippen LogP contribution >= 0.6 is 0 Å². The highest BCUT2D eigenvalue weighted by molar-refractivity contribution is 6.75. The third kappa shape index (κ3) is 6.51. The third-order valence-corrected chi connectivity index (χ3v) is 9.35. The molecular formula is C26H39NO3Si. The molecule has 2 aromatic carbocycles. The SMILES string of the molecule is CCOC(=O)C(C)[Si](C)(C)O[C@](Cc1ccccc1)(c1ccccc1)[C@H](C)CN(C)C. The van der Waals surface area contributed by atoms with E-state index in [1.165, 1.54) is 5.56 Å². The average molecular weight is 442 g/mol. The van der Waals surface area contributed by atoms with Crippen molar-refractivity contribution in [3.8, 4) is 0 Å². The summed E-state index contributed by atoms with van der Waals surface area (Å²) in [4.78, 5) is 14.9. The second-order valence-corrected chi connectivity index (χ2v) is 13.5. The first kappa shape index (κ1) is 25.3. The van der Waals surface area contributed by atoms with Crippen molar-refractivity contribution in [3.63, 3.8) is 0 Å². The molecule has 0 spiro atoms. The van der Waals surface area contributed by atoms with Crippen molar-refractivity contribution in [2.24, 2.45) is 5.92 Å². The lowest BCUT2D eigenvalue weighted by atomic mass is 9.77. The summed E-state index contributed by atoms with van der Waals surface area (Å²) in [6, 6.07) is 21.0. The Morgan fingerprint density at radius 1 is 1.00 bits per heavy atom. The van der Waals surface area contributed by atoms with Gasteiger partial charge in [-0.15, -0.1) is 0 Å². The van der Waals surface area contributed by atoms with Gasteiger partial charge in [0.2, 0.25) is 8.32 Å². The smallest absolute Gasteiger partial charge is 0.308 e.